The van der Waals surface area contributed by atoms with Crippen molar-refractivity contribution in [2.24, 2.45) is 0 Å². The molecule has 0 aliphatic carbocycles. The molecule has 3 rings (SSSR count). The van der Waals surface area contributed by atoms with E-state index < -0.39 is 17.6 Å². The van der Waals surface area contributed by atoms with Crippen molar-refractivity contribution >= 4 is 28.1 Å². The van der Waals surface area contributed by atoms with Crippen LogP contribution in [0, 0.1) is 18.6 Å². The standard InChI is InChI=1S/C17H13F2NO3S/c1-3-23-17(22)15-8(2)20-16(24-15)10-4-9-5-12(18)13(19)7-11(9)14(21)6-10/h4-7,21H,3H2,1-2H3. The van der Waals surface area contributed by atoms with Crippen LogP contribution in [0.3, 0.4) is 0 Å². The molecule has 4 nitrogen and oxygen atoms in total. The van der Waals surface area contributed by atoms with Crippen LogP contribution in [0.25, 0.3) is 21.3 Å². The first kappa shape index (κ1) is 16.3. The van der Waals surface area contributed by atoms with E-state index in [2.05, 4.69) is 4.98 Å². The molecule has 0 atom stereocenters. The number of nitrogens with zero attached hydrogens (tertiary/aromatic N) is 1. The van der Waals surface area contributed by atoms with Gasteiger partial charge in [0.1, 0.15) is 15.6 Å². The van der Waals surface area contributed by atoms with Crippen LogP contribution in [0.1, 0.15) is 22.3 Å². The minimum Gasteiger partial charge on any atom is -0.507 e. The fourth-order valence-corrected chi connectivity index (χ4v) is 3.31. The molecule has 1 N–H and O–H groups in total. The van der Waals surface area contributed by atoms with Crippen LogP contribution in [0.4, 0.5) is 8.78 Å². The molecule has 3 aromatic rings. The third-order valence-corrected chi connectivity index (χ3v) is 4.66. The van der Waals surface area contributed by atoms with Gasteiger partial charge in [0.2, 0.25) is 0 Å². The number of ether oxygens (including phenoxy) is 1. The monoisotopic (exact) mass is 349 g/mol. The number of hydrogen-bond acceptors (Lipinski definition) is 5. The molecule has 0 amide bonds. The van der Waals surface area contributed by atoms with Gasteiger partial charge in [-0.3, -0.25) is 0 Å². The predicted octanol–water partition coefficient (Wildman–Crippen LogP) is 4.43. The Morgan fingerprint density at radius 3 is 2.67 bits per heavy atom. The van der Waals surface area contributed by atoms with Gasteiger partial charge in [0.25, 0.3) is 0 Å². The smallest absolute Gasteiger partial charge is 0.350 e. The maximum Gasteiger partial charge on any atom is 0.350 e. The molecule has 24 heavy (non-hydrogen) atoms. The van der Waals surface area contributed by atoms with E-state index in [4.69, 9.17) is 4.74 Å². The minimum atomic E-state index is -1.03. The van der Waals surface area contributed by atoms with Crippen LogP contribution in [-0.4, -0.2) is 22.7 Å². The van der Waals surface area contributed by atoms with E-state index in [1.54, 1.807) is 19.9 Å². The first-order valence-corrected chi connectivity index (χ1v) is 7.99. The van der Waals surface area contributed by atoms with Crippen molar-refractivity contribution < 1.29 is 23.4 Å². The molecule has 0 radical (unpaired) electrons. The van der Waals surface area contributed by atoms with Crippen LogP contribution in [-0.2, 0) is 4.74 Å². The number of thiazole rings is 1. The van der Waals surface area contributed by atoms with E-state index >= 15 is 0 Å². The topological polar surface area (TPSA) is 59.4 Å². The summed E-state index contributed by atoms with van der Waals surface area (Å²) in [6.45, 7) is 3.65. The third kappa shape index (κ3) is 2.82. The van der Waals surface area contributed by atoms with E-state index in [1.807, 2.05) is 0 Å². The SMILES string of the molecule is CCOC(=O)c1sc(-c2cc(O)c3cc(F)c(F)cc3c2)nc1C. The van der Waals surface area contributed by atoms with Crippen LogP contribution in [0.5, 0.6) is 5.75 Å². The maximum atomic E-state index is 13.4. The Labute approximate surface area is 140 Å². The molecule has 0 spiro atoms. The Morgan fingerprint density at radius 2 is 1.96 bits per heavy atom. The second kappa shape index (κ2) is 6.16. The average Bonchev–Trinajstić information content (AvgIpc) is 2.91. The number of phenols is 1. The number of halogens is 2. The number of hydrogen-bond donors (Lipinski definition) is 1. The highest BCUT2D eigenvalue weighted by atomic mass is 32.1. The normalized spacial score (nSPS) is 11.0. The number of fused-ring (bicyclic) bond motifs is 1. The largest absolute Gasteiger partial charge is 0.507 e. The fourth-order valence-electron chi connectivity index (χ4n) is 2.37. The van der Waals surface area contributed by atoms with E-state index in [9.17, 15) is 18.7 Å². The van der Waals surface area contributed by atoms with E-state index in [0.29, 0.717) is 26.5 Å². The van der Waals surface area contributed by atoms with Gasteiger partial charge in [-0.2, -0.15) is 0 Å². The van der Waals surface area contributed by atoms with Crippen LogP contribution < -0.4 is 0 Å². The highest BCUT2D eigenvalue weighted by molar-refractivity contribution is 7.17. The van der Waals surface area contributed by atoms with Gasteiger partial charge in [-0.15, -0.1) is 11.3 Å². The highest BCUT2D eigenvalue weighted by Gasteiger charge is 2.18. The van der Waals surface area contributed by atoms with Gasteiger partial charge in [0.05, 0.1) is 12.3 Å². The third-order valence-electron chi connectivity index (χ3n) is 3.48. The predicted molar refractivity (Wildman–Crippen MR) is 87.3 cm³/mol. The van der Waals surface area contributed by atoms with Crippen molar-refractivity contribution in [2.45, 2.75) is 13.8 Å². The number of carbonyl (C=O) groups excluding carboxylic acids is 1. The Hall–Kier alpha value is -2.54. The lowest BCUT2D eigenvalue weighted by Gasteiger charge is -2.05. The number of aryl methyl sites for hydroxylation is 1. The summed E-state index contributed by atoms with van der Waals surface area (Å²) in [5.41, 5.74) is 1.02. The molecular formula is C17H13F2NO3S. The summed E-state index contributed by atoms with van der Waals surface area (Å²) in [5.74, 6) is -2.68. The van der Waals surface area contributed by atoms with Crippen molar-refractivity contribution in [3.63, 3.8) is 0 Å². The van der Waals surface area contributed by atoms with Gasteiger partial charge < -0.3 is 9.84 Å². The Morgan fingerprint density at radius 1 is 1.25 bits per heavy atom. The zero-order valence-electron chi connectivity index (χ0n) is 12.9. The Kier molecular flexibility index (Phi) is 4.19. The Balaban J connectivity index is 2.12. The van der Waals surface area contributed by atoms with Gasteiger partial charge in [0.15, 0.2) is 11.6 Å². The minimum absolute atomic E-state index is 0.188. The van der Waals surface area contributed by atoms with Crippen molar-refractivity contribution in [2.75, 3.05) is 6.61 Å². The summed E-state index contributed by atoms with van der Waals surface area (Å²) in [5, 5.41) is 11.1. The molecule has 0 aliphatic heterocycles. The number of rotatable bonds is 3. The molecule has 2 aromatic carbocycles. The number of carbonyl (C=O) groups is 1. The second-order valence-corrected chi connectivity index (χ2v) is 6.14. The van der Waals surface area contributed by atoms with Crippen molar-refractivity contribution in [1.29, 1.82) is 0 Å². The number of phenolic OH excluding ortho intramolecular Hbond substituents is 1. The van der Waals surface area contributed by atoms with E-state index in [0.717, 1.165) is 23.5 Å². The molecule has 0 bridgehead atoms. The summed E-state index contributed by atoms with van der Waals surface area (Å²) >= 11 is 1.12. The lowest BCUT2D eigenvalue weighted by atomic mass is 10.1. The highest BCUT2D eigenvalue weighted by Crippen LogP contribution is 2.35. The van der Waals surface area contributed by atoms with Crippen LogP contribution >= 0.6 is 11.3 Å². The second-order valence-electron chi connectivity index (χ2n) is 5.14. The summed E-state index contributed by atoms with van der Waals surface area (Å²) in [6.07, 6.45) is 0. The molecule has 0 unspecified atom stereocenters. The first-order chi connectivity index (χ1) is 11.4. The van der Waals surface area contributed by atoms with Gasteiger partial charge in [-0.1, -0.05) is 0 Å². The van der Waals surface area contributed by atoms with E-state index in [1.165, 1.54) is 6.07 Å². The average molecular weight is 349 g/mol. The van der Waals surface area contributed by atoms with Crippen molar-refractivity contribution in [3.8, 4) is 16.3 Å². The summed E-state index contributed by atoms with van der Waals surface area (Å²) < 4.78 is 31.7. The van der Waals surface area contributed by atoms with Gasteiger partial charge in [0, 0.05) is 10.9 Å². The molecule has 0 aliphatic rings. The summed E-state index contributed by atoms with van der Waals surface area (Å²) in [6, 6.07) is 4.96. The van der Waals surface area contributed by atoms with Gasteiger partial charge >= 0.3 is 5.97 Å². The van der Waals surface area contributed by atoms with Gasteiger partial charge in [-0.05, 0) is 43.5 Å². The molecule has 1 aromatic heterocycles. The molecule has 7 heteroatoms. The number of aromatic nitrogens is 1. The summed E-state index contributed by atoms with van der Waals surface area (Å²) in [7, 11) is 0. The zero-order valence-corrected chi connectivity index (χ0v) is 13.7. The molecule has 1 heterocycles. The van der Waals surface area contributed by atoms with Crippen LogP contribution in [0.15, 0.2) is 24.3 Å². The molecule has 124 valence electrons. The van der Waals surface area contributed by atoms with Crippen LogP contribution in [0.2, 0.25) is 0 Å². The number of benzene rings is 2. The zero-order chi connectivity index (χ0) is 17.4. The molecule has 0 saturated heterocycles. The first-order valence-electron chi connectivity index (χ1n) is 7.17. The molecule has 0 fully saturated rings. The number of aromatic hydroxyl groups is 1. The Bertz CT molecular complexity index is 953. The van der Waals surface area contributed by atoms with Gasteiger partial charge in [-0.25, -0.2) is 18.6 Å². The van der Waals surface area contributed by atoms with Crippen molar-refractivity contribution in [1.82, 2.24) is 4.98 Å². The lowest BCUT2D eigenvalue weighted by Crippen LogP contribution is -2.03. The quantitative estimate of drug-likeness (QED) is 0.711. The molecular weight excluding hydrogens is 336 g/mol. The summed E-state index contributed by atoms with van der Waals surface area (Å²) in [4.78, 5) is 16.6. The fraction of sp³-hybridized carbons (Fsp3) is 0.176. The van der Waals surface area contributed by atoms with E-state index in [-0.39, 0.29) is 17.7 Å². The molecule has 0 saturated carbocycles. The number of esters is 1. The maximum absolute atomic E-state index is 13.4. The lowest BCUT2D eigenvalue weighted by molar-refractivity contribution is 0.0531. The van der Waals surface area contributed by atoms with Crippen molar-refractivity contribution in [3.05, 3.63) is 46.5 Å².